The first kappa shape index (κ1) is 12.2. The summed E-state index contributed by atoms with van der Waals surface area (Å²) in [5, 5.41) is 12.7. The van der Waals surface area contributed by atoms with E-state index in [1.165, 1.54) is 17.1 Å². The number of ether oxygens (including phenoxy) is 1. The summed E-state index contributed by atoms with van der Waals surface area (Å²) in [7, 11) is 0. The summed E-state index contributed by atoms with van der Waals surface area (Å²) in [6.45, 7) is 3.72. The van der Waals surface area contributed by atoms with E-state index >= 15 is 0 Å². The van der Waals surface area contributed by atoms with Crippen molar-refractivity contribution < 1.29 is 19.4 Å². The van der Waals surface area contributed by atoms with Crippen LogP contribution in [0.2, 0.25) is 0 Å². The van der Waals surface area contributed by atoms with Crippen LogP contribution in [-0.4, -0.2) is 33.4 Å². The van der Waals surface area contributed by atoms with Gasteiger partial charge in [0.2, 0.25) is 0 Å². The van der Waals surface area contributed by atoms with Gasteiger partial charge in [0.25, 0.3) is 0 Å². The molecular weight excluding hydrogens is 212 g/mol. The second kappa shape index (κ2) is 5.29. The Labute approximate surface area is 92.8 Å². The second-order valence-corrected chi connectivity index (χ2v) is 3.19. The Morgan fingerprint density at radius 3 is 2.75 bits per heavy atom. The molecule has 6 nitrogen and oxygen atoms in total. The van der Waals surface area contributed by atoms with Crippen molar-refractivity contribution in [3.8, 4) is 0 Å². The predicted octanol–water partition coefficient (Wildman–Crippen LogP) is 1.10. The largest absolute Gasteiger partial charge is 0.480 e. The third kappa shape index (κ3) is 2.59. The molecule has 0 amide bonds. The molecule has 88 valence electrons. The number of hydrogen-bond donors (Lipinski definition) is 1. The molecule has 1 rings (SSSR count). The van der Waals surface area contributed by atoms with Gasteiger partial charge in [-0.15, -0.1) is 0 Å². The molecule has 0 aliphatic rings. The molecule has 1 N–H and O–H groups in total. The topological polar surface area (TPSA) is 81.4 Å². The number of carboxylic acids is 1. The summed E-state index contributed by atoms with van der Waals surface area (Å²) in [5.74, 6) is -1.46. The molecule has 1 heterocycles. The van der Waals surface area contributed by atoms with Crippen molar-refractivity contribution in [2.75, 3.05) is 6.61 Å². The van der Waals surface area contributed by atoms with Crippen LogP contribution in [-0.2, 0) is 9.53 Å². The molecule has 1 aromatic rings. The SMILES string of the molecule is CCOC(=O)c1cnn([C@@H](CC)C(=O)O)c1. The van der Waals surface area contributed by atoms with E-state index in [1.54, 1.807) is 13.8 Å². The number of esters is 1. The molecule has 0 aromatic carbocycles. The summed E-state index contributed by atoms with van der Waals surface area (Å²) < 4.78 is 6.03. The Bertz CT molecular complexity index is 386. The number of rotatable bonds is 5. The molecule has 0 saturated heterocycles. The Morgan fingerprint density at radius 2 is 2.25 bits per heavy atom. The van der Waals surface area contributed by atoms with Crippen molar-refractivity contribution in [1.82, 2.24) is 9.78 Å². The highest BCUT2D eigenvalue weighted by Gasteiger charge is 2.19. The molecule has 0 fully saturated rings. The van der Waals surface area contributed by atoms with Crippen LogP contribution in [0.1, 0.15) is 36.7 Å². The van der Waals surface area contributed by atoms with E-state index in [-0.39, 0.29) is 12.2 Å². The molecule has 0 unspecified atom stereocenters. The van der Waals surface area contributed by atoms with E-state index in [0.29, 0.717) is 6.42 Å². The zero-order valence-corrected chi connectivity index (χ0v) is 9.21. The van der Waals surface area contributed by atoms with Crippen molar-refractivity contribution in [3.63, 3.8) is 0 Å². The first-order valence-corrected chi connectivity index (χ1v) is 5.04. The molecule has 1 atom stereocenters. The average molecular weight is 226 g/mol. The van der Waals surface area contributed by atoms with Crippen molar-refractivity contribution in [2.45, 2.75) is 26.3 Å². The maximum Gasteiger partial charge on any atom is 0.341 e. The minimum atomic E-state index is -0.971. The molecular formula is C10H14N2O4. The lowest BCUT2D eigenvalue weighted by Crippen LogP contribution is -2.18. The summed E-state index contributed by atoms with van der Waals surface area (Å²) in [4.78, 5) is 22.2. The van der Waals surface area contributed by atoms with Gasteiger partial charge in [-0.25, -0.2) is 9.59 Å². The van der Waals surface area contributed by atoms with Gasteiger partial charge in [-0.1, -0.05) is 6.92 Å². The molecule has 0 aliphatic carbocycles. The smallest absolute Gasteiger partial charge is 0.341 e. The minimum absolute atomic E-state index is 0.265. The number of carbonyl (C=O) groups excluding carboxylic acids is 1. The van der Waals surface area contributed by atoms with Gasteiger partial charge in [0.1, 0.15) is 6.04 Å². The van der Waals surface area contributed by atoms with Crippen LogP contribution in [0.3, 0.4) is 0 Å². The van der Waals surface area contributed by atoms with E-state index in [4.69, 9.17) is 9.84 Å². The zero-order chi connectivity index (χ0) is 12.1. The predicted molar refractivity (Wildman–Crippen MR) is 55.1 cm³/mol. The molecule has 16 heavy (non-hydrogen) atoms. The molecule has 0 saturated carbocycles. The Hall–Kier alpha value is -1.85. The molecule has 0 aliphatic heterocycles. The number of carbonyl (C=O) groups is 2. The van der Waals surface area contributed by atoms with Crippen molar-refractivity contribution >= 4 is 11.9 Å². The van der Waals surface area contributed by atoms with Crippen LogP contribution in [0.15, 0.2) is 12.4 Å². The van der Waals surface area contributed by atoms with Crippen molar-refractivity contribution in [2.24, 2.45) is 0 Å². The fourth-order valence-electron chi connectivity index (χ4n) is 1.30. The first-order chi connectivity index (χ1) is 7.60. The van der Waals surface area contributed by atoms with Gasteiger partial charge in [0.15, 0.2) is 0 Å². The van der Waals surface area contributed by atoms with Crippen LogP contribution in [0.25, 0.3) is 0 Å². The summed E-state index contributed by atoms with van der Waals surface area (Å²) in [5.41, 5.74) is 0.265. The van der Waals surface area contributed by atoms with Gasteiger partial charge in [-0.3, -0.25) is 4.68 Å². The van der Waals surface area contributed by atoms with E-state index < -0.39 is 18.0 Å². The van der Waals surface area contributed by atoms with Crippen molar-refractivity contribution in [3.05, 3.63) is 18.0 Å². The summed E-state index contributed by atoms with van der Waals surface area (Å²) >= 11 is 0. The maximum absolute atomic E-state index is 11.3. The fraction of sp³-hybridized carbons (Fsp3) is 0.500. The minimum Gasteiger partial charge on any atom is -0.480 e. The average Bonchev–Trinajstić information content (AvgIpc) is 2.68. The quantitative estimate of drug-likeness (QED) is 0.760. The van der Waals surface area contributed by atoms with Crippen LogP contribution in [0.5, 0.6) is 0 Å². The van der Waals surface area contributed by atoms with Gasteiger partial charge in [-0.05, 0) is 13.3 Å². The summed E-state index contributed by atoms with van der Waals surface area (Å²) in [6.07, 6.45) is 3.10. The fourth-order valence-corrected chi connectivity index (χ4v) is 1.30. The van der Waals surface area contributed by atoms with Crippen molar-refractivity contribution in [1.29, 1.82) is 0 Å². The zero-order valence-electron chi connectivity index (χ0n) is 9.21. The van der Waals surface area contributed by atoms with Gasteiger partial charge < -0.3 is 9.84 Å². The first-order valence-electron chi connectivity index (χ1n) is 5.04. The lowest BCUT2D eigenvalue weighted by molar-refractivity contribution is -0.141. The standard InChI is InChI=1S/C10H14N2O4/c1-3-8(9(13)14)12-6-7(5-11-12)10(15)16-4-2/h5-6,8H,3-4H2,1-2H3,(H,13,14)/t8-/m0/s1. The van der Waals surface area contributed by atoms with Gasteiger partial charge in [-0.2, -0.15) is 5.10 Å². The van der Waals surface area contributed by atoms with Crippen LogP contribution < -0.4 is 0 Å². The number of aromatic nitrogens is 2. The van der Waals surface area contributed by atoms with Crippen LogP contribution in [0, 0.1) is 0 Å². The molecule has 0 bridgehead atoms. The third-order valence-electron chi connectivity index (χ3n) is 2.10. The number of carboxylic acid groups (broad SMARTS) is 1. The molecule has 0 spiro atoms. The summed E-state index contributed by atoms with van der Waals surface area (Å²) in [6, 6.07) is -0.747. The van der Waals surface area contributed by atoms with Crippen LogP contribution in [0.4, 0.5) is 0 Å². The Morgan fingerprint density at radius 1 is 1.56 bits per heavy atom. The van der Waals surface area contributed by atoms with E-state index in [9.17, 15) is 9.59 Å². The van der Waals surface area contributed by atoms with Gasteiger partial charge in [0, 0.05) is 6.20 Å². The van der Waals surface area contributed by atoms with E-state index in [1.807, 2.05) is 0 Å². The normalized spacial score (nSPS) is 12.1. The number of nitrogens with zero attached hydrogens (tertiary/aromatic N) is 2. The highest BCUT2D eigenvalue weighted by Crippen LogP contribution is 2.12. The molecule has 6 heteroatoms. The molecule has 0 radical (unpaired) electrons. The number of hydrogen-bond acceptors (Lipinski definition) is 4. The Balaban J connectivity index is 2.85. The Kier molecular flexibility index (Phi) is 4.04. The monoisotopic (exact) mass is 226 g/mol. The van der Waals surface area contributed by atoms with E-state index in [2.05, 4.69) is 5.10 Å². The highest BCUT2D eigenvalue weighted by molar-refractivity contribution is 5.88. The van der Waals surface area contributed by atoms with Gasteiger partial charge >= 0.3 is 11.9 Å². The van der Waals surface area contributed by atoms with Crippen LogP contribution >= 0.6 is 0 Å². The number of aliphatic carboxylic acids is 1. The lowest BCUT2D eigenvalue weighted by Gasteiger charge is -2.09. The molecule has 1 aromatic heterocycles. The maximum atomic E-state index is 11.3. The van der Waals surface area contributed by atoms with E-state index in [0.717, 1.165) is 0 Å². The third-order valence-corrected chi connectivity index (χ3v) is 2.10. The lowest BCUT2D eigenvalue weighted by atomic mass is 10.2. The second-order valence-electron chi connectivity index (χ2n) is 3.19. The van der Waals surface area contributed by atoms with Gasteiger partial charge in [0.05, 0.1) is 18.4 Å². The highest BCUT2D eigenvalue weighted by atomic mass is 16.5.